The number of carbonyl (C=O) groups is 1. The summed E-state index contributed by atoms with van der Waals surface area (Å²) in [6.07, 6.45) is 0.298. The molecule has 0 aromatic rings. The third-order valence-corrected chi connectivity index (χ3v) is 4.75. The molecule has 0 aromatic heterocycles. The summed E-state index contributed by atoms with van der Waals surface area (Å²) in [6.45, 7) is 3.40. The number of aliphatic hydroxyl groups excluding tert-OH is 1. The van der Waals surface area contributed by atoms with Crippen molar-refractivity contribution in [3.63, 3.8) is 0 Å². The van der Waals surface area contributed by atoms with Crippen molar-refractivity contribution in [2.24, 2.45) is 5.41 Å². The van der Waals surface area contributed by atoms with Crippen molar-refractivity contribution in [1.29, 1.82) is 0 Å². The van der Waals surface area contributed by atoms with Gasteiger partial charge >= 0.3 is 13.3 Å². The van der Waals surface area contributed by atoms with E-state index in [1.54, 1.807) is 6.92 Å². The van der Waals surface area contributed by atoms with E-state index in [9.17, 15) is 14.5 Å². The minimum atomic E-state index is -3.91. The van der Waals surface area contributed by atoms with Crippen molar-refractivity contribution < 1.29 is 33.0 Å². The van der Waals surface area contributed by atoms with Gasteiger partial charge in [0.1, 0.15) is 6.61 Å². The quantitative estimate of drug-likeness (QED) is 0.747. The second-order valence-corrected chi connectivity index (χ2v) is 6.56. The van der Waals surface area contributed by atoms with Gasteiger partial charge in [0.05, 0.1) is 25.9 Å². The molecule has 0 aliphatic carbocycles. The molecule has 8 heteroatoms. The summed E-state index contributed by atoms with van der Waals surface area (Å²) in [5, 5.41) is 9.28. The molecule has 0 bridgehead atoms. The summed E-state index contributed by atoms with van der Waals surface area (Å²) in [7, 11) is -2.43. The zero-order valence-corrected chi connectivity index (χ0v) is 12.4. The number of methoxy groups -OCH3 is 1. The molecule has 1 unspecified atom stereocenters. The number of rotatable bonds is 6. The normalized spacial score (nSPS) is 32.8. The third-order valence-electron chi connectivity index (χ3n) is 3.23. The molecule has 112 valence electrons. The van der Waals surface area contributed by atoms with E-state index >= 15 is 0 Å². The van der Waals surface area contributed by atoms with Crippen LogP contribution in [0.1, 0.15) is 20.3 Å². The fourth-order valence-corrected chi connectivity index (χ4v) is 2.78. The smallest absolute Gasteiger partial charge is 0.438 e. The first-order chi connectivity index (χ1) is 8.91. The van der Waals surface area contributed by atoms with Crippen LogP contribution in [0, 0.1) is 5.41 Å². The zero-order valence-electron chi connectivity index (χ0n) is 11.5. The van der Waals surface area contributed by atoms with Gasteiger partial charge in [-0.3, -0.25) is 9.05 Å². The number of ether oxygens (including phenoxy) is 2. The molecule has 0 aromatic carbocycles. The van der Waals surface area contributed by atoms with Crippen molar-refractivity contribution in [3.8, 4) is 0 Å². The van der Waals surface area contributed by atoms with Crippen LogP contribution in [0.5, 0.6) is 0 Å². The average molecular weight is 296 g/mol. The van der Waals surface area contributed by atoms with Crippen molar-refractivity contribution in [2.45, 2.75) is 26.4 Å². The van der Waals surface area contributed by atoms with Crippen LogP contribution in [0.4, 0.5) is 4.79 Å². The van der Waals surface area contributed by atoms with Crippen LogP contribution >= 0.6 is 7.60 Å². The second-order valence-electron chi connectivity index (χ2n) is 4.68. The topological polar surface area (TPSA) is 91.3 Å². The first kappa shape index (κ1) is 16.6. The van der Waals surface area contributed by atoms with Gasteiger partial charge < -0.3 is 14.6 Å². The molecule has 1 rings (SSSR count). The molecule has 0 saturated carbocycles. The number of hydrogen-bond donors (Lipinski definition) is 1. The lowest BCUT2D eigenvalue weighted by Crippen LogP contribution is -2.39. The Labute approximate surface area is 112 Å². The summed E-state index contributed by atoms with van der Waals surface area (Å²) in [4.78, 5) is 11.7. The van der Waals surface area contributed by atoms with Crippen LogP contribution in [-0.2, 0) is 23.1 Å². The minimum absolute atomic E-state index is 0.00616. The molecule has 0 amide bonds. The van der Waals surface area contributed by atoms with Gasteiger partial charge in [-0.05, 0) is 13.3 Å². The van der Waals surface area contributed by atoms with Crippen LogP contribution in [0.2, 0.25) is 0 Å². The molecule has 0 radical (unpaired) electrons. The first-order valence-corrected chi connectivity index (χ1v) is 7.66. The number of aliphatic hydroxyl groups is 1. The summed E-state index contributed by atoms with van der Waals surface area (Å²) in [5.74, 6) is 0. The SMILES string of the molecule is CCC1(CO)COP(=O)(C(=O)OCC(C)OC)OC1. The van der Waals surface area contributed by atoms with Gasteiger partial charge in [-0.15, -0.1) is 0 Å². The minimum Gasteiger partial charge on any atom is -0.454 e. The van der Waals surface area contributed by atoms with E-state index in [2.05, 4.69) is 0 Å². The van der Waals surface area contributed by atoms with Crippen LogP contribution in [0.25, 0.3) is 0 Å². The molecule has 1 fully saturated rings. The van der Waals surface area contributed by atoms with Gasteiger partial charge in [0.25, 0.3) is 0 Å². The Hall–Kier alpha value is -0.460. The van der Waals surface area contributed by atoms with E-state index in [0.29, 0.717) is 6.42 Å². The van der Waals surface area contributed by atoms with E-state index in [1.165, 1.54) is 7.11 Å². The van der Waals surface area contributed by atoms with Crippen LogP contribution in [0.3, 0.4) is 0 Å². The lowest BCUT2D eigenvalue weighted by molar-refractivity contribution is -0.0239. The molecule has 1 heterocycles. The van der Waals surface area contributed by atoms with Crippen molar-refractivity contribution in [1.82, 2.24) is 0 Å². The fraction of sp³-hybridized carbons (Fsp3) is 0.909. The Kier molecular flexibility index (Phi) is 5.95. The number of hydrogen-bond acceptors (Lipinski definition) is 7. The Bertz CT molecular complexity index is 339. The molecular formula is C11H21O7P. The first-order valence-electron chi connectivity index (χ1n) is 6.11. The highest BCUT2D eigenvalue weighted by atomic mass is 31.2. The number of carbonyl (C=O) groups excluding carboxylic acids is 1. The maximum Gasteiger partial charge on any atom is 0.438 e. The summed E-state index contributed by atoms with van der Waals surface area (Å²) in [5.41, 5.74) is -1.62. The standard InChI is InChI=1S/C11H21O7P/c1-4-11(6-12)7-17-19(14,18-8-11)10(13)16-5-9(2)15-3/h9,12H,4-8H2,1-3H3. The van der Waals surface area contributed by atoms with E-state index in [1.807, 2.05) is 6.92 Å². The molecule has 19 heavy (non-hydrogen) atoms. The molecule has 1 saturated heterocycles. The van der Waals surface area contributed by atoms with E-state index in [-0.39, 0.29) is 32.5 Å². The lowest BCUT2D eigenvalue weighted by Gasteiger charge is -2.36. The molecule has 1 aliphatic heterocycles. The average Bonchev–Trinajstić information content (AvgIpc) is 2.45. The third kappa shape index (κ3) is 4.00. The Morgan fingerprint density at radius 1 is 1.47 bits per heavy atom. The molecule has 0 spiro atoms. The molecule has 7 nitrogen and oxygen atoms in total. The highest BCUT2D eigenvalue weighted by Crippen LogP contribution is 2.55. The van der Waals surface area contributed by atoms with E-state index in [0.717, 1.165) is 0 Å². The largest absolute Gasteiger partial charge is 0.454 e. The Morgan fingerprint density at radius 2 is 2.05 bits per heavy atom. The van der Waals surface area contributed by atoms with Gasteiger partial charge in [-0.2, -0.15) is 0 Å². The summed E-state index contributed by atoms with van der Waals surface area (Å²) < 4.78 is 32.0. The molecular weight excluding hydrogens is 275 g/mol. The molecule has 1 atom stereocenters. The predicted molar refractivity (Wildman–Crippen MR) is 67.1 cm³/mol. The maximum absolute atomic E-state index is 12.1. The highest BCUT2D eigenvalue weighted by molar-refractivity contribution is 7.71. The maximum atomic E-state index is 12.1. The van der Waals surface area contributed by atoms with Gasteiger partial charge in [0.15, 0.2) is 0 Å². The van der Waals surface area contributed by atoms with Crippen molar-refractivity contribution >= 4 is 13.3 Å². The predicted octanol–water partition coefficient (Wildman–Crippen LogP) is 1.79. The summed E-state index contributed by atoms with van der Waals surface area (Å²) >= 11 is 0. The zero-order chi connectivity index (χ0) is 14.5. The van der Waals surface area contributed by atoms with Gasteiger partial charge in [0.2, 0.25) is 0 Å². The van der Waals surface area contributed by atoms with Crippen molar-refractivity contribution in [2.75, 3.05) is 33.5 Å². The van der Waals surface area contributed by atoms with E-state index in [4.69, 9.17) is 18.5 Å². The monoisotopic (exact) mass is 296 g/mol. The Morgan fingerprint density at radius 3 is 2.47 bits per heavy atom. The van der Waals surface area contributed by atoms with E-state index < -0.39 is 18.7 Å². The van der Waals surface area contributed by atoms with Crippen LogP contribution in [0.15, 0.2) is 0 Å². The van der Waals surface area contributed by atoms with Gasteiger partial charge in [0, 0.05) is 12.5 Å². The fourth-order valence-electron chi connectivity index (χ4n) is 1.37. The molecule has 1 N–H and O–H groups in total. The van der Waals surface area contributed by atoms with Crippen molar-refractivity contribution in [3.05, 3.63) is 0 Å². The summed E-state index contributed by atoms with van der Waals surface area (Å²) in [6, 6.07) is 0. The van der Waals surface area contributed by atoms with Gasteiger partial charge in [-0.1, -0.05) is 6.92 Å². The lowest BCUT2D eigenvalue weighted by atomic mass is 9.88. The second kappa shape index (κ2) is 6.81. The van der Waals surface area contributed by atoms with Gasteiger partial charge in [-0.25, -0.2) is 9.36 Å². The highest BCUT2D eigenvalue weighted by Gasteiger charge is 2.47. The Balaban J connectivity index is 2.55. The van der Waals surface area contributed by atoms with Crippen LogP contribution in [-0.4, -0.2) is 50.5 Å². The van der Waals surface area contributed by atoms with Crippen LogP contribution < -0.4 is 0 Å². The molecule has 1 aliphatic rings.